The molecule has 0 radical (unpaired) electrons. The third-order valence-corrected chi connectivity index (χ3v) is 10.4. The molecule has 0 amide bonds. The highest BCUT2D eigenvalue weighted by Crippen LogP contribution is 2.39. The second-order valence-electron chi connectivity index (χ2n) is 16.1. The van der Waals surface area contributed by atoms with Gasteiger partial charge in [0.2, 0.25) is 0 Å². The van der Waals surface area contributed by atoms with Crippen LogP contribution in [-0.2, 0) is 19.1 Å². The van der Waals surface area contributed by atoms with Gasteiger partial charge in [-0.1, -0.05) is 155 Å². The van der Waals surface area contributed by atoms with E-state index in [1.165, 1.54) is 103 Å². The number of aliphatic hydroxyl groups is 1. The molecular formula is C46H87NO5. The Morgan fingerprint density at radius 2 is 0.846 bits per heavy atom. The van der Waals surface area contributed by atoms with Crippen molar-refractivity contribution in [2.24, 2.45) is 11.7 Å². The van der Waals surface area contributed by atoms with E-state index in [0.717, 1.165) is 64.2 Å². The van der Waals surface area contributed by atoms with Crippen LogP contribution in [0.15, 0.2) is 24.3 Å². The van der Waals surface area contributed by atoms with E-state index < -0.39 is 35.3 Å². The number of carbonyl (C=O) groups excluding carboxylic acids is 2. The van der Waals surface area contributed by atoms with Crippen LogP contribution in [0.25, 0.3) is 0 Å². The van der Waals surface area contributed by atoms with Gasteiger partial charge in [0.15, 0.2) is 0 Å². The summed E-state index contributed by atoms with van der Waals surface area (Å²) in [5.74, 6) is -3.16. The highest BCUT2D eigenvalue weighted by atomic mass is 16.7. The lowest BCUT2D eigenvalue weighted by molar-refractivity contribution is -0.269. The van der Waals surface area contributed by atoms with Crippen LogP contribution >= 0.6 is 0 Å². The average molecular weight is 734 g/mol. The van der Waals surface area contributed by atoms with Gasteiger partial charge in [0, 0.05) is 24.8 Å². The Morgan fingerprint density at radius 1 is 0.538 bits per heavy atom. The van der Waals surface area contributed by atoms with Gasteiger partial charge in [-0.05, 0) is 84.5 Å². The van der Waals surface area contributed by atoms with E-state index in [0.29, 0.717) is 6.42 Å². The first-order valence-corrected chi connectivity index (χ1v) is 22.3. The molecule has 6 heteroatoms. The van der Waals surface area contributed by atoms with Gasteiger partial charge in [-0.2, -0.15) is 0 Å². The number of hydrogen-bond donors (Lipinski definition) is 2. The van der Waals surface area contributed by atoms with E-state index in [4.69, 9.17) is 15.2 Å². The molecule has 0 bridgehead atoms. The lowest BCUT2D eigenvalue weighted by atomic mass is 9.75. The summed E-state index contributed by atoms with van der Waals surface area (Å²) in [6.07, 6.45) is 40.5. The summed E-state index contributed by atoms with van der Waals surface area (Å²) in [6.45, 7) is 11.8. The van der Waals surface area contributed by atoms with Crippen LogP contribution in [0.1, 0.15) is 234 Å². The SMILES string of the molecule is CCCCCCCC/C=C\CCCCCCCC(=O)OC(CC)(OC(=O)CCCCCCC/C=C\CCCCCCCC)C(C(O)CC)C(C)(C)N. The smallest absolute Gasteiger partial charge is 0.309 e. The lowest BCUT2D eigenvalue weighted by Gasteiger charge is -2.46. The van der Waals surface area contributed by atoms with Crippen molar-refractivity contribution in [1.29, 1.82) is 0 Å². The zero-order valence-electron chi connectivity index (χ0n) is 35.3. The van der Waals surface area contributed by atoms with Gasteiger partial charge in [0.25, 0.3) is 5.79 Å². The number of carbonyl (C=O) groups is 2. The van der Waals surface area contributed by atoms with Crippen LogP contribution in [0.2, 0.25) is 0 Å². The second kappa shape index (κ2) is 33.9. The maximum absolute atomic E-state index is 13.2. The molecule has 3 N–H and O–H groups in total. The van der Waals surface area contributed by atoms with E-state index in [-0.39, 0.29) is 19.3 Å². The fourth-order valence-electron chi connectivity index (χ4n) is 7.27. The van der Waals surface area contributed by atoms with Crippen LogP contribution in [0.3, 0.4) is 0 Å². The number of ether oxygens (including phenoxy) is 2. The summed E-state index contributed by atoms with van der Waals surface area (Å²) < 4.78 is 12.2. The molecule has 2 atom stereocenters. The molecule has 0 aromatic carbocycles. The zero-order chi connectivity index (χ0) is 38.8. The molecule has 2 unspecified atom stereocenters. The molecule has 306 valence electrons. The van der Waals surface area contributed by atoms with Crippen LogP contribution in [0.4, 0.5) is 0 Å². The number of rotatable bonds is 37. The molecule has 52 heavy (non-hydrogen) atoms. The van der Waals surface area contributed by atoms with Crippen LogP contribution in [-0.4, -0.2) is 34.5 Å². The zero-order valence-corrected chi connectivity index (χ0v) is 35.3. The van der Waals surface area contributed by atoms with Crippen molar-refractivity contribution in [2.75, 3.05) is 0 Å². The summed E-state index contributed by atoms with van der Waals surface area (Å²) in [6, 6.07) is 0. The number of allylic oxidation sites excluding steroid dienone is 4. The van der Waals surface area contributed by atoms with Gasteiger partial charge < -0.3 is 20.3 Å². The van der Waals surface area contributed by atoms with Crippen molar-refractivity contribution >= 4 is 11.9 Å². The molecule has 0 spiro atoms. The summed E-state index contributed by atoms with van der Waals surface area (Å²) in [5.41, 5.74) is 5.64. The van der Waals surface area contributed by atoms with Gasteiger partial charge in [0.1, 0.15) is 0 Å². The van der Waals surface area contributed by atoms with Crippen molar-refractivity contribution in [3.63, 3.8) is 0 Å². The van der Waals surface area contributed by atoms with E-state index in [1.807, 2.05) is 13.8 Å². The molecule has 0 saturated carbocycles. The third kappa shape index (κ3) is 27.0. The Labute approximate surface area is 322 Å². The number of unbranched alkanes of at least 4 members (excludes halogenated alkanes) is 22. The number of esters is 2. The van der Waals surface area contributed by atoms with Crippen molar-refractivity contribution < 1.29 is 24.2 Å². The molecule has 6 nitrogen and oxygen atoms in total. The molecule has 0 aliphatic rings. The monoisotopic (exact) mass is 734 g/mol. The van der Waals surface area contributed by atoms with Crippen molar-refractivity contribution in [1.82, 2.24) is 0 Å². The molecule has 0 aromatic heterocycles. The maximum Gasteiger partial charge on any atom is 0.309 e. The Kier molecular flexibility index (Phi) is 32.8. The van der Waals surface area contributed by atoms with Crippen LogP contribution < -0.4 is 5.73 Å². The van der Waals surface area contributed by atoms with Crippen molar-refractivity contribution in [3.05, 3.63) is 24.3 Å². The summed E-state index contributed by atoms with van der Waals surface area (Å²) in [4.78, 5) is 26.5. The fraction of sp³-hybridized carbons (Fsp3) is 0.870. The molecule has 0 aromatic rings. The molecule has 0 heterocycles. The molecule has 0 rings (SSSR count). The summed E-state index contributed by atoms with van der Waals surface area (Å²) in [5, 5.41) is 11.1. The van der Waals surface area contributed by atoms with Gasteiger partial charge in [-0.25, -0.2) is 0 Å². The maximum atomic E-state index is 13.2. The Bertz CT molecular complexity index is 838. The Balaban J connectivity index is 4.67. The van der Waals surface area contributed by atoms with Gasteiger partial charge in [-0.3, -0.25) is 9.59 Å². The highest BCUT2D eigenvalue weighted by Gasteiger charge is 2.53. The first-order valence-electron chi connectivity index (χ1n) is 22.3. The molecule has 0 fully saturated rings. The minimum absolute atomic E-state index is 0.228. The summed E-state index contributed by atoms with van der Waals surface area (Å²) >= 11 is 0. The topological polar surface area (TPSA) is 98.8 Å². The minimum Gasteiger partial charge on any atom is -0.422 e. The number of nitrogens with two attached hydrogens (primary N) is 1. The highest BCUT2D eigenvalue weighted by molar-refractivity contribution is 5.72. The van der Waals surface area contributed by atoms with Gasteiger partial charge in [-0.15, -0.1) is 0 Å². The third-order valence-electron chi connectivity index (χ3n) is 10.4. The largest absolute Gasteiger partial charge is 0.422 e. The lowest BCUT2D eigenvalue weighted by Crippen LogP contribution is -2.61. The predicted octanol–water partition coefficient (Wildman–Crippen LogP) is 13.4. The quantitative estimate of drug-likeness (QED) is 0.0285. The summed E-state index contributed by atoms with van der Waals surface area (Å²) in [7, 11) is 0. The first-order chi connectivity index (χ1) is 25.1. The fourth-order valence-corrected chi connectivity index (χ4v) is 7.27. The van der Waals surface area contributed by atoms with Gasteiger partial charge in [0.05, 0.1) is 12.0 Å². The molecule has 0 saturated heterocycles. The number of hydrogen-bond acceptors (Lipinski definition) is 6. The van der Waals surface area contributed by atoms with Gasteiger partial charge >= 0.3 is 11.9 Å². The second-order valence-corrected chi connectivity index (χ2v) is 16.1. The average Bonchev–Trinajstić information content (AvgIpc) is 3.10. The molecular weight excluding hydrogens is 647 g/mol. The number of aliphatic hydroxyl groups excluding tert-OH is 1. The van der Waals surface area contributed by atoms with E-state index in [1.54, 1.807) is 13.8 Å². The predicted molar refractivity (Wildman–Crippen MR) is 222 cm³/mol. The van der Waals surface area contributed by atoms with E-state index >= 15 is 0 Å². The normalized spacial score (nSPS) is 13.6. The molecule has 0 aliphatic heterocycles. The molecule has 0 aliphatic carbocycles. The first kappa shape index (κ1) is 50.3. The Hall–Kier alpha value is -1.66. The van der Waals surface area contributed by atoms with E-state index in [2.05, 4.69) is 38.2 Å². The van der Waals surface area contributed by atoms with Crippen molar-refractivity contribution in [2.45, 2.75) is 252 Å². The standard InChI is InChI=1S/C46H87NO5/c1-7-11-13-15-17-19-21-23-25-27-29-31-33-35-37-39-42(49)51-46(10-4,44(41(48)9-3)45(5,6)47)52-43(50)40-38-36-34-32-30-28-26-24-22-20-18-16-14-12-8-2/h23-26,41,44,48H,7-22,27-40,47H2,1-6H3/b25-23-,26-24-. The van der Waals surface area contributed by atoms with Crippen molar-refractivity contribution in [3.8, 4) is 0 Å². The van der Waals surface area contributed by atoms with E-state index in [9.17, 15) is 14.7 Å². The minimum atomic E-state index is -1.61. The van der Waals surface area contributed by atoms with Crippen LogP contribution in [0.5, 0.6) is 0 Å². The Morgan fingerprint density at radius 3 is 1.13 bits per heavy atom. The van der Waals surface area contributed by atoms with Crippen LogP contribution in [0, 0.1) is 5.92 Å².